The van der Waals surface area contributed by atoms with Gasteiger partial charge in [0.1, 0.15) is 28.8 Å². The molecule has 1 aromatic carbocycles. The first kappa shape index (κ1) is 19.3. The number of nitrogens with zero attached hydrogens (tertiary/aromatic N) is 4. The van der Waals surface area contributed by atoms with E-state index in [1.807, 2.05) is 0 Å². The molecule has 0 saturated carbocycles. The number of furan rings is 1. The van der Waals surface area contributed by atoms with Crippen LogP contribution in [0.5, 0.6) is 0 Å². The van der Waals surface area contributed by atoms with Gasteiger partial charge in [-0.25, -0.2) is 13.5 Å². The minimum atomic E-state index is -0.777. The van der Waals surface area contributed by atoms with E-state index < -0.39 is 18.2 Å². The fraction of sp³-hybridized carbons (Fsp3) is 0.350. The summed E-state index contributed by atoms with van der Waals surface area (Å²) in [6.07, 6.45) is 0.614. The summed E-state index contributed by atoms with van der Waals surface area (Å²) in [5.41, 5.74) is 1.08. The van der Waals surface area contributed by atoms with E-state index in [0.29, 0.717) is 42.3 Å². The zero-order chi connectivity index (χ0) is 20.7. The minimum absolute atomic E-state index is 0.0668. The van der Waals surface area contributed by atoms with Gasteiger partial charge in [-0.15, -0.1) is 5.10 Å². The average Bonchev–Trinajstić information content (AvgIpc) is 3.38. The maximum absolute atomic E-state index is 14.2. The zero-order valence-electron chi connectivity index (χ0n) is 16.0. The van der Waals surface area contributed by atoms with Crippen LogP contribution in [0.25, 0.3) is 11.3 Å². The molecule has 0 spiro atoms. The number of aromatic nitrogens is 3. The van der Waals surface area contributed by atoms with E-state index >= 15 is 0 Å². The lowest BCUT2D eigenvalue weighted by Gasteiger charge is -2.17. The molecule has 1 amide bonds. The Balaban J connectivity index is 1.59. The van der Waals surface area contributed by atoms with Gasteiger partial charge in [0.05, 0.1) is 23.9 Å². The Morgan fingerprint density at radius 2 is 2.10 bits per heavy atom. The lowest BCUT2D eigenvalue weighted by Crippen LogP contribution is -2.29. The molecule has 0 radical (unpaired) electrons. The van der Waals surface area contributed by atoms with Gasteiger partial charge in [0.25, 0.3) is 5.91 Å². The number of aliphatic hydroxyl groups is 1. The van der Waals surface area contributed by atoms with E-state index in [2.05, 4.69) is 10.3 Å². The molecule has 2 aromatic heterocycles. The van der Waals surface area contributed by atoms with Crippen LogP contribution in [-0.2, 0) is 6.61 Å². The largest absolute Gasteiger partial charge is 0.466 e. The quantitative estimate of drug-likeness (QED) is 0.725. The van der Waals surface area contributed by atoms with Crippen LogP contribution < -0.4 is 0 Å². The molecule has 29 heavy (non-hydrogen) atoms. The SMILES string of the molecule is Cc1cc(C(=O)N2CC[C@@H](n3nnc(-c4ccc(F)cc4F)c3CO)C2)c(C)o1. The number of rotatable bonds is 4. The van der Waals surface area contributed by atoms with Gasteiger partial charge in [-0.1, -0.05) is 5.21 Å². The summed E-state index contributed by atoms with van der Waals surface area (Å²) in [7, 11) is 0. The van der Waals surface area contributed by atoms with Crippen molar-refractivity contribution in [2.45, 2.75) is 32.9 Å². The molecule has 7 nitrogen and oxygen atoms in total. The Morgan fingerprint density at radius 1 is 1.31 bits per heavy atom. The fourth-order valence-corrected chi connectivity index (χ4v) is 3.78. The highest BCUT2D eigenvalue weighted by atomic mass is 19.1. The Kier molecular flexibility index (Phi) is 4.91. The van der Waals surface area contributed by atoms with Gasteiger partial charge < -0.3 is 14.4 Å². The number of hydrogen-bond donors (Lipinski definition) is 1. The molecule has 1 fully saturated rings. The van der Waals surface area contributed by atoms with Gasteiger partial charge in [-0.2, -0.15) is 0 Å². The summed E-state index contributed by atoms with van der Waals surface area (Å²) in [5.74, 6) is -0.356. The van der Waals surface area contributed by atoms with Crippen molar-refractivity contribution >= 4 is 5.91 Å². The second kappa shape index (κ2) is 7.40. The molecule has 0 bridgehead atoms. The molecular weight excluding hydrogens is 382 g/mol. The molecule has 1 aliphatic heterocycles. The molecule has 3 heterocycles. The lowest BCUT2D eigenvalue weighted by atomic mass is 10.1. The fourth-order valence-electron chi connectivity index (χ4n) is 3.78. The summed E-state index contributed by atoms with van der Waals surface area (Å²) in [6, 6.07) is 4.67. The van der Waals surface area contributed by atoms with Crippen molar-refractivity contribution in [1.82, 2.24) is 19.9 Å². The van der Waals surface area contributed by atoms with Crippen LogP contribution in [0.15, 0.2) is 28.7 Å². The number of carbonyl (C=O) groups is 1. The van der Waals surface area contributed by atoms with E-state index in [9.17, 15) is 18.7 Å². The summed E-state index contributed by atoms with van der Waals surface area (Å²) in [4.78, 5) is 14.5. The van der Waals surface area contributed by atoms with E-state index in [-0.39, 0.29) is 23.2 Å². The molecule has 3 aromatic rings. The standard InChI is InChI=1S/C20H20F2N4O3/c1-11-7-16(12(2)29-11)20(28)25-6-5-14(9-25)26-18(10-27)19(23-24-26)15-4-3-13(21)8-17(15)22/h3-4,7-8,14,27H,5-6,9-10H2,1-2H3/t14-/m1/s1. The van der Waals surface area contributed by atoms with Gasteiger partial charge in [-0.05, 0) is 38.5 Å². The molecule has 9 heteroatoms. The maximum atomic E-state index is 14.2. The second-order valence-electron chi connectivity index (χ2n) is 7.13. The Labute approximate surface area is 165 Å². The maximum Gasteiger partial charge on any atom is 0.257 e. The van der Waals surface area contributed by atoms with Gasteiger partial charge >= 0.3 is 0 Å². The Morgan fingerprint density at radius 3 is 2.76 bits per heavy atom. The van der Waals surface area contributed by atoms with Crippen LogP contribution in [0.3, 0.4) is 0 Å². The molecular formula is C20H20F2N4O3. The van der Waals surface area contributed by atoms with Gasteiger partial charge in [0.15, 0.2) is 0 Å². The zero-order valence-corrected chi connectivity index (χ0v) is 16.0. The third-order valence-corrected chi connectivity index (χ3v) is 5.19. The summed E-state index contributed by atoms with van der Waals surface area (Å²) < 4.78 is 34.4. The van der Waals surface area contributed by atoms with Gasteiger partial charge in [0, 0.05) is 24.7 Å². The monoisotopic (exact) mass is 402 g/mol. The second-order valence-corrected chi connectivity index (χ2v) is 7.13. The Hall–Kier alpha value is -3.07. The third-order valence-electron chi connectivity index (χ3n) is 5.19. The van der Waals surface area contributed by atoms with Crippen molar-refractivity contribution in [3.8, 4) is 11.3 Å². The van der Waals surface area contributed by atoms with Gasteiger partial charge in [0.2, 0.25) is 0 Å². The van der Waals surface area contributed by atoms with Crippen LogP contribution in [0, 0.1) is 25.5 Å². The number of halogens is 2. The topological polar surface area (TPSA) is 84.4 Å². The van der Waals surface area contributed by atoms with Crippen molar-refractivity contribution in [2.24, 2.45) is 0 Å². The number of likely N-dealkylation sites (tertiary alicyclic amines) is 1. The molecule has 1 atom stereocenters. The molecule has 0 aliphatic carbocycles. The number of amides is 1. The third kappa shape index (κ3) is 3.42. The Bertz CT molecular complexity index is 1080. The predicted octanol–water partition coefficient (Wildman–Crippen LogP) is 3.01. The lowest BCUT2D eigenvalue weighted by molar-refractivity contribution is 0.0784. The van der Waals surface area contributed by atoms with Crippen molar-refractivity contribution in [3.63, 3.8) is 0 Å². The van der Waals surface area contributed by atoms with Crippen LogP contribution >= 0.6 is 0 Å². The highest BCUT2D eigenvalue weighted by Crippen LogP contribution is 2.30. The normalized spacial score (nSPS) is 16.6. The van der Waals surface area contributed by atoms with E-state index in [4.69, 9.17) is 4.42 Å². The molecule has 1 N–H and O–H groups in total. The van der Waals surface area contributed by atoms with Crippen molar-refractivity contribution < 1.29 is 23.1 Å². The number of aryl methyl sites for hydroxylation is 2. The molecule has 4 rings (SSSR count). The van der Waals surface area contributed by atoms with Crippen LogP contribution in [0.1, 0.15) is 40.0 Å². The summed E-state index contributed by atoms with van der Waals surface area (Å²) in [5, 5.41) is 18.0. The predicted molar refractivity (Wildman–Crippen MR) is 99.0 cm³/mol. The molecule has 1 aliphatic rings. The number of aliphatic hydroxyl groups excluding tert-OH is 1. The van der Waals surface area contributed by atoms with Crippen LogP contribution in [0.4, 0.5) is 8.78 Å². The van der Waals surface area contributed by atoms with E-state index in [1.54, 1.807) is 24.8 Å². The first-order valence-electron chi connectivity index (χ1n) is 9.25. The average molecular weight is 402 g/mol. The molecule has 152 valence electrons. The summed E-state index contributed by atoms with van der Waals surface area (Å²) in [6.45, 7) is 4.01. The minimum Gasteiger partial charge on any atom is -0.466 e. The molecule has 0 unspecified atom stereocenters. The van der Waals surface area contributed by atoms with E-state index in [0.717, 1.165) is 12.1 Å². The number of benzene rings is 1. The summed E-state index contributed by atoms with van der Waals surface area (Å²) >= 11 is 0. The highest BCUT2D eigenvalue weighted by molar-refractivity contribution is 5.95. The highest BCUT2D eigenvalue weighted by Gasteiger charge is 2.32. The van der Waals surface area contributed by atoms with Crippen LogP contribution in [-0.4, -0.2) is 44.0 Å². The first-order valence-corrected chi connectivity index (χ1v) is 9.25. The number of carbonyl (C=O) groups excluding carboxylic acids is 1. The first-order chi connectivity index (χ1) is 13.9. The van der Waals surface area contributed by atoms with Crippen LogP contribution in [0.2, 0.25) is 0 Å². The van der Waals surface area contributed by atoms with Gasteiger partial charge in [-0.3, -0.25) is 4.79 Å². The van der Waals surface area contributed by atoms with Crippen molar-refractivity contribution in [2.75, 3.05) is 13.1 Å². The van der Waals surface area contributed by atoms with Crippen molar-refractivity contribution in [1.29, 1.82) is 0 Å². The van der Waals surface area contributed by atoms with Crippen molar-refractivity contribution in [3.05, 3.63) is 58.7 Å². The molecule has 1 saturated heterocycles. The smallest absolute Gasteiger partial charge is 0.257 e. The number of hydrogen-bond acceptors (Lipinski definition) is 5. The van der Waals surface area contributed by atoms with E-state index in [1.165, 1.54) is 10.7 Å².